The molecule has 0 aliphatic carbocycles. The summed E-state index contributed by atoms with van der Waals surface area (Å²) in [4.78, 5) is 29.4. The number of nitrogens with zero attached hydrogens (tertiary/aromatic N) is 4. The fourth-order valence-electron chi connectivity index (χ4n) is 2.93. The van der Waals surface area contributed by atoms with E-state index < -0.39 is 11.5 Å². The lowest BCUT2D eigenvalue weighted by atomic mass is 10.0. The largest absolute Gasteiger partial charge is 0.488 e. The summed E-state index contributed by atoms with van der Waals surface area (Å²) in [6.07, 6.45) is 5.28. The number of aryl methyl sites for hydroxylation is 1. The summed E-state index contributed by atoms with van der Waals surface area (Å²) < 4.78 is 12.5. The number of methoxy groups -OCH3 is 1. The Hall–Kier alpha value is -3.81. The van der Waals surface area contributed by atoms with Gasteiger partial charge in [0, 0.05) is 12.1 Å². The number of carbonyl (C=O) groups is 2. The molecule has 2 aromatic carbocycles. The standard InChI is InChI=1S/C24H26N4O4/c1-24(2,11-12-28-16-26-27-17-28)25-14-21(29)19-9-10-22(20(13-19)23(30)31-3)32-15-18-7-5-4-6-8-18/h4-10,13-14,16-17H,11-12,15H2,1-3H3/b25-14-. The first-order valence-electron chi connectivity index (χ1n) is 10.2. The van der Waals surface area contributed by atoms with E-state index in [0.29, 0.717) is 30.9 Å². The number of benzene rings is 2. The number of esters is 1. The van der Waals surface area contributed by atoms with Gasteiger partial charge in [0.05, 0.1) is 18.9 Å². The van der Waals surface area contributed by atoms with Crippen LogP contribution >= 0.6 is 0 Å². The number of rotatable bonds is 10. The van der Waals surface area contributed by atoms with Crippen LogP contribution in [0, 0.1) is 0 Å². The van der Waals surface area contributed by atoms with Gasteiger partial charge in [-0.1, -0.05) is 30.3 Å². The van der Waals surface area contributed by atoms with Crippen molar-refractivity contribution in [1.29, 1.82) is 0 Å². The number of hydrogen-bond acceptors (Lipinski definition) is 7. The minimum Gasteiger partial charge on any atom is -0.488 e. The molecule has 0 amide bonds. The second-order valence-corrected chi connectivity index (χ2v) is 7.86. The van der Waals surface area contributed by atoms with Gasteiger partial charge in [0.2, 0.25) is 5.78 Å². The number of aromatic nitrogens is 3. The number of ether oxygens (including phenoxy) is 2. The van der Waals surface area contributed by atoms with E-state index in [4.69, 9.17) is 9.47 Å². The summed E-state index contributed by atoms with van der Waals surface area (Å²) in [6.45, 7) is 4.87. The molecule has 8 heteroatoms. The molecule has 3 aromatic rings. The van der Waals surface area contributed by atoms with Gasteiger partial charge in [-0.05, 0) is 44.0 Å². The smallest absolute Gasteiger partial charge is 0.341 e. The lowest BCUT2D eigenvalue weighted by molar-refractivity contribution is 0.0595. The van der Waals surface area contributed by atoms with Crippen molar-refractivity contribution in [3.63, 3.8) is 0 Å². The molecule has 0 radical (unpaired) electrons. The van der Waals surface area contributed by atoms with Crippen LogP contribution in [-0.4, -0.2) is 45.4 Å². The third kappa shape index (κ3) is 6.34. The Morgan fingerprint density at radius 2 is 1.81 bits per heavy atom. The molecular formula is C24H26N4O4. The Morgan fingerprint density at radius 3 is 2.50 bits per heavy atom. The van der Waals surface area contributed by atoms with E-state index in [2.05, 4.69) is 15.2 Å². The van der Waals surface area contributed by atoms with Crippen molar-refractivity contribution in [3.8, 4) is 5.75 Å². The maximum Gasteiger partial charge on any atom is 0.341 e. The van der Waals surface area contributed by atoms with Gasteiger partial charge in [0.25, 0.3) is 0 Å². The van der Waals surface area contributed by atoms with E-state index >= 15 is 0 Å². The van der Waals surface area contributed by atoms with Crippen LogP contribution < -0.4 is 4.74 Å². The Kier molecular flexibility index (Phi) is 7.49. The highest BCUT2D eigenvalue weighted by Gasteiger charge is 2.19. The molecule has 0 unspecified atom stereocenters. The third-order valence-electron chi connectivity index (χ3n) is 4.89. The molecule has 0 bridgehead atoms. The first-order valence-corrected chi connectivity index (χ1v) is 10.2. The first-order chi connectivity index (χ1) is 15.4. The van der Waals surface area contributed by atoms with Crippen LogP contribution in [0.4, 0.5) is 0 Å². The second-order valence-electron chi connectivity index (χ2n) is 7.86. The zero-order valence-electron chi connectivity index (χ0n) is 18.4. The molecule has 0 spiro atoms. The van der Waals surface area contributed by atoms with Crippen LogP contribution in [0.1, 0.15) is 46.5 Å². The maximum absolute atomic E-state index is 12.7. The number of aliphatic imine (C=N–C) groups is 1. The first kappa shape index (κ1) is 22.9. The minimum absolute atomic E-state index is 0.189. The normalized spacial score (nSPS) is 11.5. The molecule has 0 saturated carbocycles. The molecule has 32 heavy (non-hydrogen) atoms. The van der Waals surface area contributed by atoms with Crippen LogP contribution in [0.5, 0.6) is 5.75 Å². The fraction of sp³-hybridized carbons (Fsp3) is 0.292. The van der Waals surface area contributed by atoms with Gasteiger partial charge >= 0.3 is 5.97 Å². The molecule has 0 aliphatic rings. The Bertz CT molecular complexity index is 1080. The topological polar surface area (TPSA) is 95.7 Å². The van der Waals surface area contributed by atoms with Crippen LogP contribution in [-0.2, 0) is 17.9 Å². The monoisotopic (exact) mass is 434 g/mol. The summed E-state index contributed by atoms with van der Waals surface area (Å²) in [7, 11) is 1.29. The van der Waals surface area contributed by atoms with Gasteiger partial charge < -0.3 is 14.0 Å². The highest BCUT2D eigenvalue weighted by Crippen LogP contribution is 2.23. The predicted molar refractivity (Wildman–Crippen MR) is 120 cm³/mol. The van der Waals surface area contributed by atoms with Gasteiger partial charge in [-0.3, -0.25) is 9.79 Å². The van der Waals surface area contributed by atoms with Crippen LogP contribution in [0.25, 0.3) is 0 Å². The molecule has 0 N–H and O–H groups in total. The minimum atomic E-state index is -0.575. The van der Waals surface area contributed by atoms with Gasteiger partial charge in [0.1, 0.15) is 30.6 Å². The van der Waals surface area contributed by atoms with Crippen molar-refractivity contribution in [2.75, 3.05) is 7.11 Å². The molecule has 1 heterocycles. The molecule has 8 nitrogen and oxygen atoms in total. The summed E-state index contributed by atoms with van der Waals surface area (Å²) in [5.74, 6) is -0.528. The van der Waals surface area contributed by atoms with E-state index in [1.54, 1.807) is 24.8 Å². The van der Waals surface area contributed by atoms with E-state index in [9.17, 15) is 9.59 Å². The zero-order chi connectivity index (χ0) is 23.0. The van der Waals surface area contributed by atoms with Crippen LogP contribution in [0.15, 0.2) is 66.2 Å². The second kappa shape index (κ2) is 10.5. The summed E-state index contributed by atoms with van der Waals surface area (Å²) >= 11 is 0. The number of carbonyl (C=O) groups excluding carboxylic acids is 2. The summed E-state index contributed by atoms with van der Waals surface area (Å²) in [5.41, 5.74) is 1.03. The Balaban J connectivity index is 1.71. The fourth-order valence-corrected chi connectivity index (χ4v) is 2.93. The molecule has 0 aliphatic heterocycles. The molecular weight excluding hydrogens is 408 g/mol. The van der Waals surface area contributed by atoms with Crippen molar-refractivity contribution in [3.05, 3.63) is 77.9 Å². The van der Waals surface area contributed by atoms with Gasteiger partial charge in [0.15, 0.2) is 0 Å². The van der Waals surface area contributed by atoms with Gasteiger partial charge in [-0.25, -0.2) is 4.79 Å². The average Bonchev–Trinajstić information content (AvgIpc) is 3.34. The van der Waals surface area contributed by atoms with Crippen molar-refractivity contribution in [1.82, 2.24) is 14.8 Å². The Labute approximate surface area is 186 Å². The third-order valence-corrected chi connectivity index (χ3v) is 4.89. The lowest BCUT2D eigenvalue weighted by Crippen LogP contribution is -2.20. The number of ketones is 1. The zero-order valence-corrected chi connectivity index (χ0v) is 18.4. The van der Waals surface area contributed by atoms with Crippen molar-refractivity contribution >= 4 is 18.0 Å². The van der Waals surface area contributed by atoms with E-state index in [-0.39, 0.29) is 11.3 Å². The predicted octanol–water partition coefficient (Wildman–Crippen LogP) is 3.77. The summed E-state index contributed by atoms with van der Waals surface area (Å²) in [6, 6.07) is 14.3. The quantitative estimate of drug-likeness (QED) is 0.274. The highest BCUT2D eigenvalue weighted by atomic mass is 16.5. The highest BCUT2D eigenvalue weighted by molar-refractivity contribution is 6.35. The van der Waals surface area contributed by atoms with Crippen molar-refractivity contribution in [2.24, 2.45) is 4.99 Å². The maximum atomic E-state index is 12.7. The molecule has 0 atom stereocenters. The summed E-state index contributed by atoms with van der Waals surface area (Å²) in [5, 5.41) is 7.55. The molecule has 166 valence electrons. The number of Topliss-reactive ketones (excluding diaryl/α,β-unsaturated/α-hetero) is 1. The van der Waals surface area contributed by atoms with Gasteiger partial charge in [-0.2, -0.15) is 0 Å². The number of hydrogen-bond donors (Lipinski definition) is 0. The van der Waals surface area contributed by atoms with E-state index in [1.807, 2.05) is 48.7 Å². The van der Waals surface area contributed by atoms with E-state index in [0.717, 1.165) is 5.56 Å². The molecule has 0 fully saturated rings. The molecule has 3 rings (SSSR count). The Morgan fingerprint density at radius 1 is 1.09 bits per heavy atom. The van der Waals surface area contributed by atoms with Crippen LogP contribution in [0.2, 0.25) is 0 Å². The molecule has 1 aromatic heterocycles. The van der Waals surface area contributed by atoms with Gasteiger partial charge in [-0.15, -0.1) is 10.2 Å². The van der Waals surface area contributed by atoms with Crippen molar-refractivity contribution < 1.29 is 19.1 Å². The molecule has 0 saturated heterocycles. The van der Waals surface area contributed by atoms with Crippen LogP contribution in [0.3, 0.4) is 0 Å². The SMILES string of the molecule is COC(=O)c1cc(C(=O)/C=N\C(C)(C)CCn2cnnc2)ccc1OCc1ccccc1. The van der Waals surface area contributed by atoms with Crippen molar-refractivity contribution in [2.45, 2.75) is 39.0 Å². The average molecular weight is 434 g/mol. The van der Waals surface area contributed by atoms with E-state index in [1.165, 1.54) is 19.4 Å². The lowest BCUT2D eigenvalue weighted by Gasteiger charge is -2.19.